The smallest absolute Gasteiger partial charge is 0.322 e. The third-order valence-electron chi connectivity index (χ3n) is 5.87. The van der Waals surface area contributed by atoms with Gasteiger partial charge in [-0.15, -0.1) is 0 Å². The molecule has 4 rings (SSSR count). The van der Waals surface area contributed by atoms with Gasteiger partial charge in [-0.1, -0.05) is 67.9 Å². The third kappa shape index (κ3) is 5.37. The molecule has 6 heteroatoms. The first-order chi connectivity index (χ1) is 15.9. The maximum atomic E-state index is 13.3. The molecule has 0 saturated carbocycles. The average Bonchev–Trinajstić information content (AvgIpc) is 2.81. The summed E-state index contributed by atoms with van der Waals surface area (Å²) in [5.41, 5.74) is 4.20. The first-order valence-electron chi connectivity index (χ1n) is 11.2. The van der Waals surface area contributed by atoms with Gasteiger partial charge in [-0.25, -0.2) is 4.79 Å². The van der Waals surface area contributed by atoms with E-state index in [2.05, 4.69) is 43.4 Å². The van der Waals surface area contributed by atoms with Crippen LogP contribution < -0.4 is 10.2 Å². The van der Waals surface area contributed by atoms with Gasteiger partial charge in [0.2, 0.25) is 0 Å². The van der Waals surface area contributed by atoms with Gasteiger partial charge in [-0.2, -0.15) is 0 Å². The molecule has 0 unspecified atom stereocenters. The van der Waals surface area contributed by atoms with E-state index in [0.29, 0.717) is 35.3 Å². The van der Waals surface area contributed by atoms with Crippen LogP contribution in [0.3, 0.4) is 0 Å². The lowest BCUT2D eigenvalue weighted by Gasteiger charge is -2.36. The second-order valence-electron chi connectivity index (χ2n) is 8.59. The van der Waals surface area contributed by atoms with Crippen molar-refractivity contribution in [2.45, 2.75) is 32.7 Å². The molecule has 3 aromatic rings. The fraction of sp³-hybridized carbons (Fsp3) is 0.259. The first-order valence-corrected chi connectivity index (χ1v) is 11.6. The van der Waals surface area contributed by atoms with Crippen LogP contribution in [0.5, 0.6) is 0 Å². The number of rotatable bonds is 6. The molecule has 170 valence electrons. The number of nitrogens with one attached hydrogen (secondary N) is 1. The molecule has 33 heavy (non-hydrogen) atoms. The lowest BCUT2D eigenvalue weighted by molar-refractivity contribution is 0.102. The largest absolute Gasteiger partial charge is 0.324 e. The van der Waals surface area contributed by atoms with Crippen LogP contribution in [0.15, 0.2) is 72.8 Å². The molecule has 0 aliphatic carbocycles. The average molecular weight is 462 g/mol. The van der Waals surface area contributed by atoms with E-state index in [1.165, 1.54) is 5.56 Å². The molecule has 3 aromatic carbocycles. The summed E-state index contributed by atoms with van der Waals surface area (Å²) >= 11 is 6.14. The summed E-state index contributed by atoms with van der Waals surface area (Å²) in [5.74, 6) is 0.200. The Kier molecular flexibility index (Phi) is 6.99. The predicted molar refractivity (Wildman–Crippen MR) is 134 cm³/mol. The maximum absolute atomic E-state index is 13.3. The molecule has 0 atom stereocenters. The first kappa shape index (κ1) is 22.9. The molecule has 0 spiro atoms. The molecule has 0 aromatic heterocycles. The number of urea groups is 1. The standard InChI is InChI=1S/C27H28ClN3O2/c1-19(2)21-13-11-20(12-14-21)18-30-15-6-16-31(27(30)33)23-8-5-7-22(17-23)29-26(32)24-9-3-4-10-25(24)28/h3-5,7-14,17,19H,6,15-16,18H2,1-2H3,(H,29,32). The molecule has 1 heterocycles. The number of hydrogen-bond acceptors (Lipinski definition) is 2. The zero-order valence-electron chi connectivity index (χ0n) is 18.9. The van der Waals surface area contributed by atoms with Crippen LogP contribution in [0.25, 0.3) is 0 Å². The van der Waals surface area contributed by atoms with Gasteiger partial charge in [-0.05, 0) is 53.8 Å². The van der Waals surface area contributed by atoms with Gasteiger partial charge in [0.25, 0.3) is 5.91 Å². The zero-order chi connectivity index (χ0) is 23.4. The summed E-state index contributed by atoms with van der Waals surface area (Å²) in [7, 11) is 0. The van der Waals surface area contributed by atoms with E-state index in [-0.39, 0.29) is 11.9 Å². The number of hydrogen-bond donors (Lipinski definition) is 1. The molecule has 5 nitrogen and oxygen atoms in total. The van der Waals surface area contributed by atoms with E-state index in [9.17, 15) is 9.59 Å². The fourth-order valence-corrected chi connectivity index (χ4v) is 4.21. The van der Waals surface area contributed by atoms with Crippen molar-refractivity contribution in [2.75, 3.05) is 23.3 Å². The highest BCUT2D eigenvalue weighted by molar-refractivity contribution is 6.34. The van der Waals surface area contributed by atoms with Gasteiger partial charge < -0.3 is 10.2 Å². The Morgan fingerprint density at radius 1 is 1.00 bits per heavy atom. The Balaban J connectivity index is 1.46. The topological polar surface area (TPSA) is 52.6 Å². The molecular weight excluding hydrogens is 434 g/mol. The molecule has 0 bridgehead atoms. The minimum atomic E-state index is -0.283. The van der Waals surface area contributed by atoms with Gasteiger partial charge in [-0.3, -0.25) is 9.69 Å². The van der Waals surface area contributed by atoms with Crippen molar-refractivity contribution >= 4 is 34.9 Å². The highest BCUT2D eigenvalue weighted by atomic mass is 35.5. The van der Waals surface area contributed by atoms with Gasteiger partial charge in [0, 0.05) is 31.0 Å². The van der Waals surface area contributed by atoms with Crippen molar-refractivity contribution in [3.05, 3.63) is 94.5 Å². The maximum Gasteiger partial charge on any atom is 0.324 e. The van der Waals surface area contributed by atoms with E-state index in [1.807, 2.05) is 23.1 Å². The Bertz CT molecular complexity index is 1140. The zero-order valence-corrected chi connectivity index (χ0v) is 19.7. The van der Waals surface area contributed by atoms with Crippen molar-refractivity contribution in [2.24, 2.45) is 0 Å². The summed E-state index contributed by atoms with van der Waals surface area (Å²) in [6.07, 6.45) is 0.881. The van der Waals surface area contributed by atoms with Gasteiger partial charge in [0.1, 0.15) is 0 Å². The van der Waals surface area contributed by atoms with E-state index in [0.717, 1.165) is 24.2 Å². The Morgan fingerprint density at radius 3 is 2.48 bits per heavy atom. The predicted octanol–water partition coefficient (Wildman–Crippen LogP) is 6.55. The Hall–Kier alpha value is -3.31. The summed E-state index contributed by atoms with van der Waals surface area (Å²) in [4.78, 5) is 29.5. The SMILES string of the molecule is CC(C)c1ccc(CN2CCCN(c3cccc(NC(=O)c4ccccc4Cl)c3)C2=O)cc1. The summed E-state index contributed by atoms with van der Waals surface area (Å²) < 4.78 is 0. The van der Waals surface area contributed by atoms with Crippen LogP contribution in [0.1, 0.15) is 47.7 Å². The molecular formula is C27H28ClN3O2. The fourth-order valence-electron chi connectivity index (χ4n) is 3.99. The van der Waals surface area contributed by atoms with Gasteiger partial charge >= 0.3 is 6.03 Å². The third-order valence-corrected chi connectivity index (χ3v) is 6.19. The molecule has 1 N–H and O–H groups in total. The van der Waals surface area contributed by atoms with Crippen LogP contribution in [0.2, 0.25) is 5.02 Å². The number of benzene rings is 3. The monoisotopic (exact) mass is 461 g/mol. The Morgan fingerprint density at radius 2 is 1.76 bits per heavy atom. The second kappa shape index (κ2) is 10.1. The molecule has 3 amide bonds. The number of halogens is 1. The minimum Gasteiger partial charge on any atom is -0.322 e. The summed E-state index contributed by atoms with van der Waals surface area (Å²) in [5, 5.41) is 3.28. The van der Waals surface area contributed by atoms with Crippen molar-refractivity contribution in [3.8, 4) is 0 Å². The summed E-state index contributed by atoms with van der Waals surface area (Å²) in [6.45, 7) is 6.29. The normalized spacial score (nSPS) is 14.0. The molecule has 1 fully saturated rings. The molecule has 1 saturated heterocycles. The van der Waals surface area contributed by atoms with E-state index in [1.54, 1.807) is 35.2 Å². The van der Waals surface area contributed by atoms with Crippen molar-refractivity contribution in [1.29, 1.82) is 0 Å². The second-order valence-corrected chi connectivity index (χ2v) is 9.00. The Labute approximate surface area is 200 Å². The van der Waals surface area contributed by atoms with E-state index >= 15 is 0 Å². The number of anilines is 2. The van der Waals surface area contributed by atoms with Crippen molar-refractivity contribution in [3.63, 3.8) is 0 Å². The van der Waals surface area contributed by atoms with Gasteiger partial charge in [0.15, 0.2) is 0 Å². The molecule has 1 aliphatic heterocycles. The number of carbonyl (C=O) groups excluding carboxylic acids is 2. The number of nitrogens with zero attached hydrogens (tertiary/aromatic N) is 2. The molecule has 1 aliphatic rings. The highest BCUT2D eigenvalue weighted by Gasteiger charge is 2.27. The number of carbonyl (C=O) groups is 2. The van der Waals surface area contributed by atoms with Crippen molar-refractivity contribution in [1.82, 2.24) is 4.90 Å². The minimum absolute atomic E-state index is 0.0243. The van der Waals surface area contributed by atoms with Crippen molar-refractivity contribution < 1.29 is 9.59 Å². The van der Waals surface area contributed by atoms with Crippen LogP contribution in [-0.4, -0.2) is 29.9 Å². The molecule has 0 radical (unpaired) electrons. The quantitative estimate of drug-likeness (QED) is 0.452. The lowest BCUT2D eigenvalue weighted by Crippen LogP contribution is -2.49. The van der Waals surface area contributed by atoms with E-state index < -0.39 is 0 Å². The van der Waals surface area contributed by atoms with Crippen LogP contribution >= 0.6 is 11.6 Å². The highest BCUT2D eigenvalue weighted by Crippen LogP contribution is 2.26. The van der Waals surface area contributed by atoms with Crippen LogP contribution in [-0.2, 0) is 6.54 Å². The van der Waals surface area contributed by atoms with E-state index in [4.69, 9.17) is 11.6 Å². The summed E-state index contributed by atoms with van der Waals surface area (Å²) in [6, 6.07) is 22.7. The van der Waals surface area contributed by atoms with Crippen LogP contribution in [0, 0.1) is 0 Å². The lowest BCUT2D eigenvalue weighted by atomic mass is 10.0. The van der Waals surface area contributed by atoms with Gasteiger partial charge in [0.05, 0.1) is 10.6 Å². The number of amides is 3. The van der Waals surface area contributed by atoms with Crippen LogP contribution in [0.4, 0.5) is 16.2 Å².